The lowest BCUT2D eigenvalue weighted by Crippen LogP contribution is -2.61. The van der Waals surface area contributed by atoms with E-state index in [1.54, 1.807) is 25.3 Å². The van der Waals surface area contributed by atoms with Crippen molar-refractivity contribution in [1.29, 1.82) is 0 Å². The van der Waals surface area contributed by atoms with Crippen molar-refractivity contribution < 1.29 is 22.5 Å². The van der Waals surface area contributed by atoms with Crippen LogP contribution in [0.2, 0.25) is 0 Å². The smallest absolute Gasteiger partial charge is 0.260 e. The molecule has 158 valence electrons. The first kappa shape index (κ1) is 21.4. The van der Waals surface area contributed by atoms with Crippen LogP contribution >= 0.6 is 11.3 Å². The van der Waals surface area contributed by atoms with Crippen molar-refractivity contribution in [2.24, 2.45) is 5.73 Å². The Morgan fingerprint density at radius 2 is 2.14 bits per heavy atom. The SMILES string of the molecule is Cc1noc(C)c1C(=O)N1CCN(S(=O)(=O)c2cccs2)CC1C(=O)NCCN. The standard InChI is InChI=1S/C17H23N5O5S2/c1-11-15(12(2)27-20-11)17(24)22-8-7-21(10-13(22)16(23)19-6-5-18)29(25,26)14-4-3-9-28-14/h3-4,9,13H,5-8,10,18H2,1-2H3,(H,19,23). The third-order valence-electron chi connectivity index (χ3n) is 4.69. The van der Waals surface area contributed by atoms with Crippen molar-refractivity contribution in [3.05, 3.63) is 34.5 Å². The van der Waals surface area contributed by atoms with Gasteiger partial charge in [-0.25, -0.2) is 8.42 Å². The topological polar surface area (TPSA) is 139 Å². The van der Waals surface area contributed by atoms with E-state index in [2.05, 4.69) is 10.5 Å². The fourth-order valence-electron chi connectivity index (χ4n) is 3.23. The zero-order chi connectivity index (χ0) is 21.2. The summed E-state index contributed by atoms with van der Waals surface area (Å²) in [6, 6.07) is 2.18. The summed E-state index contributed by atoms with van der Waals surface area (Å²) in [5.74, 6) is -0.522. The van der Waals surface area contributed by atoms with Crippen LogP contribution in [0.5, 0.6) is 0 Å². The second kappa shape index (κ2) is 8.61. The molecular formula is C17H23N5O5S2. The summed E-state index contributed by atoms with van der Waals surface area (Å²) in [7, 11) is -3.75. The molecule has 2 amide bonds. The highest BCUT2D eigenvalue weighted by Gasteiger charge is 2.41. The summed E-state index contributed by atoms with van der Waals surface area (Å²) < 4.78 is 32.3. The summed E-state index contributed by atoms with van der Waals surface area (Å²) >= 11 is 1.11. The molecule has 10 nitrogen and oxygen atoms in total. The minimum absolute atomic E-state index is 0.0637. The number of hydrogen-bond acceptors (Lipinski definition) is 8. The lowest BCUT2D eigenvalue weighted by molar-refractivity contribution is -0.126. The molecule has 3 N–H and O–H groups in total. The van der Waals surface area contributed by atoms with E-state index >= 15 is 0 Å². The molecular weight excluding hydrogens is 418 g/mol. The molecule has 0 saturated carbocycles. The number of nitrogens with one attached hydrogen (secondary N) is 1. The van der Waals surface area contributed by atoms with Crippen LogP contribution in [0.3, 0.4) is 0 Å². The Morgan fingerprint density at radius 3 is 2.72 bits per heavy atom. The lowest BCUT2D eigenvalue weighted by atomic mass is 10.1. The van der Waals surface area contributed by atoms with Gasteiger partial charge in [-0.1, -0.05) is 11.2 Å². The van der Waals surface area contributed by atoms with Gasteiger partial charge in [-0.2, -0.15) is 4.31 Å². The lowest BCUT2D eigenvalue weighted by Gasteiger charge is -2.39. The van der Waals surface area contributed by atoms with Crippen LogP contribution in [-0.4, -0.2) is 73.4 Å². The van der Waals surface area contributed by atoms with Gasteiger partial charge in [-0.05, 0) is 25.3 Å². The Balaban J connectivity index is 1.90. The molecule has 1 atom stereocenters. The van der Waals surface area contributed by atoms with Gasteiger partial charge in [0.1, 0.15) is 21.6 Å². The Morgan fingerprint density at radius 1 is 1.38 bits per heavy atom. The third-order valence-corrected chi connectivity index (χ3v) is 7.92. The second-order valence-corrected chi connectivity index (χ2v) is 9.70. The number of aryl methyl sites for hydroxylation is 2. The number of aromatic nitrogens is 1. The number of amides is 2. The minimum atomic E-state index is -3.75. The Hall–Kier alpha value is -2.28. The molecule has 1 aliphatic heterocycles. The second-order valence-electron chi connectivity index (χ2n) is 6.59. The van der Waals surface area contributed by atoms with Crippen LogP contribution in [0.4, 0.5) is 0 Å². The van der Waals surface area contributed by atoms with Gasteiger partial charge in [0.15, 0.2) is 0 Å². The molecule has 1 saturated heterocycles. The molecule has 0 spiro atoms. The third kappa shape index (κ3) is 4.20. The van der Waals surface area contributed by atoms with Crippen molar-refractivity contribution >= 4 is 33.2 Å². The molecule has 2 aromatic rings. The van der Waals surface area contributed by atoms with E-state index in [1.807, 2.05) is 0 Å². The van der Waals surface area contributed by atoms with Crippen LogP contribution in [-0.2, 0) is 14.8 Å². The number of nitrogens with two attached hydrogens (primary N) is 1. The van der Waals surface area contributed by atoms with Gasteiger partial charge >= 0.3 is 0 Å². The summed E-state index contributed by atoms with van der Waals surface area (Å²) in [5.41, 5.74) is 6.16. The first-order chi connectivity index (χ1) is 13.8. The Bertz CT molecular complexity index is 967. The Labute approximate surface area is 172 Å². The fourth-order valence-corrected chi connectivity index (χ4v) is 5.81. The van der Waals surface area contributed by atoms with Crippen molar-refractivity contribution in [3.8, 4) is 0 Å². The molecule has 0 aliphatic carbocycles. The van der Waals surface area contributed by atoms with Gasteiger partial charge in [-0.3, -0.25) is 9.59 Å². The van der Waals surface area contributed by atoms with E-state index in [-0.39, 0.29) is 42.5 Å². The normalized spacial score (nSPS) is 18.0. The molecule has 3 rings (SSSR count). The highest BCUT2D eigenvalue weighted by molar-refractivity contribution is 7.91. The van der Waals surface area contributed by atoms with Gasteiger partial charge in [0, 0.05) is 32.7 Å². The maximum atomic E-state index is 13.1. The monoisotopic (exact) mass is 441 g/mol. The number of piperazine rings is 1. The molecule has 29 heavy (non-hydrogen) atoms. The predicted octanol–water partition coefficient (Wildman–Crippen LogP) is -0.0569. The van der Waals surface area contributed by atoms with Crippen molar-refractivity contribution in [3.63, 3.8) is 0 Å². The highest BCUT2D eigenvalue weighted by atomic mass is 32.2. The van der Waals surface area contributed by atoms with Crippen molar-refractivity contribution in [2.75, 3.05) is 32.7 Å². The Kier molecular flexibility index (Phi) is 6.36. The molecule has 1 unspecified atom stereocenters. The molecule has 0 radical (unpaired) electrons. The van der Waals surface area contributed by atoms with E-state index in [1.165, 1.54) is 15.3 Å². The minimum Gasteiger partial charge on any atom is -0.361 e. The number of nitrogens with zero attached hydrogens (tertiary/aromatic N) is 3. The fraction of sp³-hybridized carbons (Fsp3) is 0.471. The van der Waals surface area contributed by atoms with Crippen molar-refractivity contribution in [2.45, 2.75) is 24.1 Å². The van der Waals surface area contributed by atoms with Crippen LogP contribution in [0, 0.1) is 13.8 Å². The summed E-state index contributed by atoms with van der Waals surface area (Å²) in [5, 5.41) is 8.12. The van der Waals surface area contributed by atoms with Gasteiger partial charge < -0.3 is 20.5 Å². The number of carbonyl (C=O) groups excluding carboxylic acids is 2. The van der Waals surface area contributed by atoms with E-state index in [0.717, 1.165) is 11.3 Å². The number of thiophene rings is 1. The molecule has 3 heterocycles. The maximum absolute atomic E-state index is 13.1. The first-order valence-electron chi connectivity index (χ1n) is 9.02. The largest absolute Gasteiger partial charge is 0.361 e. The maximum Gasteiger partial charge on any atom is 0.260 e. The first-order valence-corrected chi connectivity index (χ1v) is 11.3. The van der Waals surface area contributed by atoms with Gasteiger partial charge in [0.2, 0.25) is 5.91 Å². The molecule has 0 aromatic carbocycles. The van der Waals surface area contributed by atoms with Crippen molar-refractivity contribution in [1.82, 2.24) is 19.7 Å². The molecule has 1 aliphatic rings. The van der Waals surface area contributed by atoms with E-state index in [4.69, 9.17) is 10.3 Å². The zero-order valence-electron chi connectivity index (χ0n) is 16.1. The molecule has 2 aromatic heterocycles. The van der Waals surface area contributed by atoms with Gasteiger partial charge in [0.25, 0.3) is 15.9 Å². The predicted molar refractivity (Wildman–Crippen MR) is 106 cm³/mol. The van der Waals surface area contributed by atoms with Crippen LogP contribution in [0.15, 0.2) is 26.2 Å². The molecule has 12 heteroatoms. The number of hydrogen-bond donors (Lipinski definition) is 2. The van der Waals surface area contributed by atoms with E-state index in [0.29, 0.717) is 11.5 Å². The van der Waals surface area contributed by atoms with Gasteiger partial charge in [-0.15, -0.1) is 11.3 Å². The van der Waals surface area contributed by atoms with E-state index in [9.17, 15) is 18.0 Å². The summed E-state index contributed by atoms with van der Waals surface area (Å²) in [4.78, 5) is 27.3. The van der Waals surface area contributed by atoms with Crippen LogP contribution in [0.25, 0.3) is 0 Å². The molecule has 1 fully saturated rings. The van der Waals surface area contributed by atoms with E-state index < -0.39 is 27.9 Å². The highest BCUT2D eigenvalue weighted by Crippen LogP contribution is 2.25. The van der Waals surface area contributed by atoms with Crippen LogP contribution < -0.4 is 11.1 Å². The average Bonchev–Trinajstić information content (AvgIpc) is 3.35. The number of rotatable bonds is 6. The zero-order valence-corrected chi connectivity index (χ0v) is 17.8. The average molecular weight is 442 g/mol. The quantitative estimate of drug-likeness (QED) is 0.640. The molecule has 0 bridgehead atoms. The summed E-state index contributed by atoms with van der Waals surface area (Å²) in [6.07, 6.45) is 0. The number of carbonyl (C=O) groups is 2. The number of sulfonamides is 1. The van der Waals surface area contributed by atoms with Gasteiger partial charge in [0.05, 0.1) is 5.69 Å². The van der Waals surface area contributed by atoms with Crippen LogP contribution in [0.1, 0.15) is 21.8 Å². The summed E-state index contributed by atoms with van der Waals surface area (Å²) in [6.45, 7) is 3.71.